The number of rotatable bonds is 5. The first-order chi connectivity index (χ1) is 9.20. The molecule has 0 saturated heterocycles. The minimum atomic E-state index is -0.262. The van der Waals surface area contributed by atoms with E-state index in [0.29, 0.717) is 11.5 Å². The van der Waals surface area contributed by atoms with Crippen molar-refractivity contribution >= 4 is 21.8 Å². The van der Waals surface area contributed by atoms with Crippen molar-refractivity contribution in [3.63, 3.8) is 0 Å². The minimum absolute atomic E-state index is 0.254. The van der Waals surface area contributed by atoms with Gasteiger partial charge >= 0.3 is 0 Å². The Balaban J connectivity index is 2.09. The zero-order valence-corrected chi connectivity index (χ0v) is 11.9. The molecule has 2 N–H and O–H groups in total. The first-order valence-electron chi connectivity index (χ1n) is 5.86. The number of aromatic nitrogens is 5. The van der Waals surface area contributed by atoms with E-state index in [1.165, 1.54) is 0 Å². The summed E-state index contributed by atoms with van der Waals surface area (Å²) in [5, 5.41) is 16.6. The quantitative estimate of drug-likeness (QED) is 0.871. The second-order valence-electron chi connectivity index (χ2n) is 3.95. The van der Waals surface area contributed by atoms with E-state index in [1.807, 2.05) is 6.92 Å². The van der Waals surface area contributed by atoms with Crippen molar-refractivity contribution in [2.45, 2.75) is 25.8 Å². The molecule has 7 nitrogen and oxygen atoms in total. The van der Waals surface area contributed by atoms with Gasteiger partial charge in [-0.15, -0.1) is 10.2 Å². The van der Waals surface area contributed by atoms with Crippen LogP contribution < -0.4 is 5.32 Å². The summed E-state index contributed by atoms with van der Waals surface area (Å²) < 4.78 is 0.826. The zero-order chi connectivity index (χ0) is 13.7. The topological polar surface area (TPSA) is 96.5 Å². The number of hydrogen-bond donors (Lipinski definition) is 2. The van der Waals surface area contributed by atoms with Crippen molar-refractivity contribution in [2.24, 2.45) is 0 Å². The second kappa shape index (κ2) is 6.37. The molecule has 2 aromatic heterocycles. The molecule has 2 heterocycles. The molecule has 0 aromatic carbocycles. The Morgan fingerprint density at radius 1 is 1.53 bits per heavy atom. The van der Waals surface area contributed by atoms with Gasteiger partial charge < -0.3 is 5.32 Å². The van der Waals surface area contributed by atoms with E-state index in [-0.39, 0.29) is 11.9 Å². The van der Waals surface area contributed by atoms with Crippen LogP contribution in [0.2, 0.25) is 0 Å². The van der Waals surface area contributed by atoms with Gasteiger partial charge in [-0.3, -0.25) is 4.79 Å². The van der Waals surface area contributed by atoms with E-state index in [9.17, 15) is 4.79 Å². The van der Waals surface area contributed by atoms with Crippen molar-refractivity contribution in [2.75, 3.05) is 0 Å². The molecule has 100 valence electrons. The summed E-state index contributed by atoms with van der Waals surface area (Å²) in [5.41, 5.74) is 0.354. The average molecular weight is 325 g/mol. The number of carbonyl (C=O) groups excluding carboxylic acids is 1. The summed E-state index contributed by atoms with van der Waals surface area (Å²) in [6, 6.07) is 3.16. The molecule has 0 spiro atoms. The highest BCUT2D eigenvalue weighted by Crippen LogP contribution is 2.14. The zero-order valence-electron chi connectivity index (χ0n) is 10.3. The second-order valence-corrected chi connectivity index (χ2v) is 4.86. The summed E-state index contributed by atoms with van der Waals surface area (Å²) in [6.45, 7) is 2.02. The first-order valence-corrected chi connectivity index (χ1v) is 6.65. The molecular formula is C11H13BrN6O. The van der Waals surface area contributed by atoms with Crippen molar-refractivity contribution < 1.29 is 4.79 Å². The Labute approximate surface area is 118 Å². The van der Waals surface area contributed by atoms with Crippen LogP contribution in [0, 0.1) is 0 Å². The Bertz CT molecular complexity index is 527. The van der Waals surface area contributed by atoms with E-state index in [2.05, 4.69) is 46.9 Å². The summed E-state index contributed by atoms with van der Waals surface area (Å²) in [5.74, 6) is 0.225. The summed E-state index contributed by atoms with van der Waals surface area (Å²) in [4.78, 5) is 16.1. The normalized spacial score (nSPS) is 12.1. The van der Waals surface area contributed by atoms with Gasteiger partial charge in [-0.2, -0.15) is 5.21 Å². The Morgan fingerprint density at radius 3 is 2.95 bits per heavy atom. The van der Waals surface area contributed by atoms with E-state index >= 15 is 0 Å². The van der Waals surface area contributed by atoms with Crippen LogP contribution >= 0.6 is 15.9 Å². The Morgan fingerprint density at radius 2 is 2.37 bits per heavy atom. The third-order valence-electron chi connectivity index (χ3n) is 2.52. The molecule has 1 atom stereocenters. The number of tetrazole rings is 1. The molecule has 0 fully saturated rings. The predicted octanol–water partition coefficient (Wildman–Crippen LogP) is 1.63. The average Bonchev–Trinajstić information content (AvgIpc) is 2.92. The van der Waals surface area contributed by atoms with Crippen molar-refractivity contribution in [3.05, 3.63) is 34.3 Å². The van der Waals surface area contributed by atoms with Gasteiger partial charge in [-0.05, 0) is 34.5 Å². The summed E-state index contributed by atoms with van der Waals surface area (Å²) >= 11 is 3.28. The Hall–Kier alpha value is -1.83. The molecule has 0 aliphatic carbocycles. The van der Waals surface area contributed by atoms with Crippen LogP contribution in [-0.2, 0) is 0 Å². The maximum Gasteiger partial charge on any atom is 0.270 e. The molecule has 8 heteroatoms. The monoisotopic (exact) mass is 324 g/mol. The van der Waals surface area contributed by atoms with Crippen LogP contribution in [0.1, 0.15) is 42.1 Å². The Kier molecular flexibility index (Phi) is 4.56. The molecule has 0 aliphatic heterocycles. The highest BCUT2D eigenvalue weighted by atomic mass is 79.9. The lowest BCUT2D eigenvalue weighted by molar-refractivity contribution is 0.0927. The van der Waals surface area contributed by atoms with Gasteiger partial charge in [-0.1, -0.05) is 18.6 Å². The van der Waals surface area contributed by atoms with Gasteiger partial charge in [0.1, 0.15) is 5.69 Å². The van der Waals surface area contributed by atoms with Crippen molar-refractivity contribution in [3.8, 4) is 0 Å². The molecule has 19 heavy (non-hydrogen) atoms. The molecule has 0 radical (unpaired) electrons. The van der Waals surface area contributed by atoms with Crippen LogP contribution in [0.3, 0.4) is 0 Å². The third kappa shape index (κ3) is 3.57. The first kappa shape index (κ1) is 13.6. The molecular weight excluding hydrogens is 312 g/mol. The molecule has 0 bridgehead atoms. The van der Waals surface area contributed by atoms with Gasteiger partial charge in [0.25, 0.3) is 5.91 Å². The molecule has 0 aliphatic rings. The lowest BCUT2D eigenvalue weighted by atomic mass is 10.1. The van der Waals surface area contributed by atoms with Crippen LogP contribution in [0.5, 0.6) is 0 Å². The van der Waals surface area contributed by atoms with E-state index in [4.69, 9.17) is 0 Å². The fraction of sp³-hybridized carbons (Fsp3) is 0.364. The molecule has 1 unspecified atom stereocenters. The largest absolute Gasteiger partial charge is 0.341 e. The number of H-pyrrole nitrogens is 1. The van der Waals surface area contributed by atoms with Crippen LogP contribution in [0.15, 0.2) is 22.8 Å². The number of halogens is 1. The number of amides is 1. The van der Waals surface area contributed by atoms with Crippen LogP contribution in [0.25, 0.3) is 0 Å². The predicted molar refractivity (Wildman–Crippen MR) is 71.2 cm³/mol. The maximum absolute atomic E-state index is 12.1. The standard InChI is InChI=1S/C11H13BrN6O/c1-2-3-8(10-15-17-18-16-10)14-11(19)9-5-4-7(12)6-13-9/h4-6,8H,2-3H2,1H3,(H,14,19)(H,15,16,17,18). The lowest BCUT2D eigenvalue weighted by Gasteiger charge is -2.13. The highest BCUT2D eigenvalue weighted by Gasteiger charge is 2.19. The van der Waals surface area contributed by atoms with Gasteiger partial charge in [0.05, 0.1) is 6.04 Å². The third-order valence-corrected chi connectivity index (χ3v) is 2.99. The van der Waals surface area contributed by atoms with E-state index in [1.54, 1.807) is 18.3 Å². The fourth-order valence-electron chi connectivity index (χ4n) is 1.61. The molecule has 1 amide bonds. The summed E-state index contributed by atoms with van der Waals surface area (Å²) in [7, 11) is 0. The van der Waals surface area contributed by atoms with Gasteiger partial charge in [0.15, 0.2) is 5.82 Å². The smallest absolute Gasteiger partial charge is 0.270 e. The lowest BCUT2D eigenvalue weighted by Crippen LogP contribution is -2.30. The number of nitrogens with one attached hydrogen (secondary N) is 2. The van der Waals surface area contributed by atoms with E-state index < -0.39 is 0 Å². The van der Waals surface area contributed by atoms with E-state index in [0.717, 1.165) is 17.3 Å². The highest BCUT2D eigenvalue weighted by molar-refractivity contribution is 9.10. The fourth-order valence-corrected chi connectivity index (χ4v) is 1.85. The SMILES string of the molecule is CCCC(NC(=O)c1ccc(Br)cn1)c1nn[nH]n1. The molecule has 2 aromatic rings. The van der Waals surface area contributed by atoms with Gasteiger partial charge in [-0.25, -0.2) is 4.98 Å². The molecule has 0 saturated carbocycles. The summed E-state index contributed by atoms with van der Waals surface area (Å²) in [6.07, 6.45) is 3.22. The minimum Gasteiger partial charge on any atom is -0.341 e. The number of aromatic amines is 1. The van der Waals surface area contributed by atoms with Gasteiger partial charge in [0.2, 0.25) is 0 Å². The van der Waals surface area contributed by atoms with Crippen LogP contribution in [0.4, 0.5) is 0 Å². The number of nitrogens with zero attached hydrogens (tertiary/aromatic N) is 4. The van der Waals surface area contributed by atoms with Crippen LogP contribution in [-0.4, -0.2) is 31.5 Å². The van der Waals surface area contributed by atoms with Gasteiger partial charge in [0, 0.05) is 10.7 Å². The number of carbonyl (C=O) groups is 1. The number of pyridine rings is 1. The maximum atomic E-state index is 12.1. The molecule has 2 rings (SSSR count). The van der Waals surface area contributed by atoms with Crippen molar-refractivity contribution in [1.29, 1.82) is 0 Å². The number of hydrogen-bond acceptors (Lipinski definition) is 5. The van der Waals surface area contributed by atoms with Crippen molar-refractivity contribution in [1.82, 2.24) is 30.9 Å².